The average Bonchev–Trinajstić information content (AvgIpc) is 2.92. The van der Waals surface area contributed by atoms with Gasteiger partial charge in [0, 0.05) is 17.8 Å². The number of nitrogens with zero attached hydrogens (tertiary/aromatic N) is 1. The highest BCUT2D eigenvalue weighted by molar-refractivity contribution is 5.90. The van der Waals surface area contributed by atoms with Crippen molar-refractivity contribution in [3.8, 4) is 5.75 Å². The second-order valence-corrected chi connectivity index (χ2v) is 3.92. The van der Waals surface area contributed by atoms with E-state index in [1.165, 1.54) is 18.3 Å². The molecule has 0 fully saturated rings. The van der Waals surface area contributed by atoms with Crippen LogP contribution in [0, 0.1) is 5.82 Å². The molecule has 0 aliphatic rings. The number of halogens is 1. The number of rotatable bonds is 2. The zero-order chi connectivity index (χ0) is 13.2. The monoisotopic (exact) mass is 256 g/mol. The molecule has 1 aromatic carbocycles. The Balaban J connectivity index is 1.93. The molecule has 0 unspecified atom stereocenters. The Kier molecular flexibility index (Phi) is 2.72. The Morgan fingerprint density at radius 3 is 2.89 bits per heavy atom. The van der Waals surface area contributed by atoms with Gasteiger partial charge in [-0.2, -0.15) is 0 Å². The first-order chi connectivity index (χ1) is 9.25. The van der Waals surface area contributed by atoms with Crippen LogP contribution in [0.1, 0.15) is 10.5 Å². The summed E-state index contributed by atoms with van der Waals surface area (Å²) in [4.78, 5) is 18.4. The molecular weight excluding hydrogens is 247 g/mol. The molecule has 19 heavy (non-hydrogen) atoms. The first kappa shape index (κ1) is 11.4. The van der Waals surface area contributed by atoms with Crippen LogP contribution in [0.3, 0.4) is 0 Å². The first-order valence-corrected chi connectivity index (χ1v) is 5.64. The second kappa shape index (κ2) is 4.53. The van der Waals surface area contributed by atoms with E-state index in [-0.39, 0.29) is 11.4 Å². The minimum atomic E-state index is -0.689. The molecule has 2 aromatic heterocycles. The van der Waals surface area contributed by atoms with Crippen molar-refractivity contribution in [2.75, 3.05) is 0 Å². The Morgan fingerprint density at radius 2 is 2.11 bits per heavy atom. The molecule has 3 rings (SSSR count). The molecule has 0 aliphatic carbocycles. The number of aromatic nitrogens is 2. The number of H-pyrrole nitrogens is 1. The van der Waals surface area contributed by atoms with Crippen LogP contribution in [-0.2, 0) is 0 Å². The van der Waals surface area contributed by atoms with E-state index in [0.717, 1.165) is 5.39 Å². The minimum absolute atomic E-state index is 0.120. The molecule has 4 nitrogen and oxygen atoms in total. The lowest BCUT2D eigenvalue weighted by Crippen LogP contribution is -2.11. The van der Waals surface area contributed by atoms with Gasteiger partial charge in [0.2, 0.25) is 0 Å². The molecule has 0 atom stereocenters. The fraction of sp³-hybridized carbons (Fsp3) is 0. The number of pyridine rings is 1. The standard InChI is InChI=1S/C14H9FN2O2/c15-12-11(5-4-9-6-8-17-13(9)12)19-14(18)10-3-1-2-7-16-10/h1-8,17H. The number of nitrogens with one attached hydrogen (secondary N) is 1. The predicted molar refractivity (Wildman–Crippen MR) is 67.5 cm³/mol. The van der Waals surface area contributed by atoms with Gasteiger partial charge in [0.1, 0.15) is 5.69 Å². The molecule has 94 valence electrons. The molecule has 0 radical (unpaired) electrons. The van der Waals surface area contributed by atoms with Gasteiger partial charge in [-0.25, -0.2) is 14.2 Å². The lowest BCUT2D eigenvalue weighted by atomic mass is 10.2. The van der Waals surface area contributed by atoms with Crippen molar-refractivity contribution in [1.82, 2.24) is 9.97 Å². The van der Waals surface area contributed by atoms with Crippen molar-refractivity contribution < 1.29 is 13.9 Å². The van der Waals surface area contributed by atoms with Gasteiger partial charge in [0.15, 0.2) is 11.6 Å². The summed E-state index contributed by atoms with van der Waals surface area (Å²) in [5, 5.41) is 0.718. The SMILES string of the molecule is O=C(Oc1ccc2cc[nH]c2c1F)c1ccccn1. The van der Waals surface area contributed by atoms with E-state index in [2.05, 4.69) is 9.97 Å². The lowest BCUT2D eigenvalue weighted by Gasteiger charge is -2.05. The quantitative estimate of drug-likeness (QED) is 0.566. The lowest BCUT2D eigenvalue weighted by molar-refractivity contribution is 0.0722. The van der Waals surface area contributed by atoms with Crippen molar-refractivity contribution in [3.05, 3.63) is 60.3 Å². The fourth-order valence-corrected chi connectivity index (χ4v) is 1.79. The predicted octanol–water partition coefficient (Wildman–Crippen LogP) is 2.92. The third kappa shape index (κ3) is 2.06. The number of aromatic amines is 1. The normalized spacial score (nSPS) is 10.6. The summed E-state index contributed by atoms with van der Waals surface area (Å²) in [5.74, 6) is -1.40. The molecule has 0 spiro atoms. The van der Waals surface area contributed by atoms with Crippen molar-refractivity contribution in [2.45, 2.75) is 0 Å². The molecular formula is C14H9FN2O2. The van der Waals surface area contributed by atoms with Gasteiger partial charge in [-0.1, -0.05) is 6.07 Å². The van der Waals surface area contributed by atoms with E-state index in [4.69, 9.17) is 4.74 Å². The third-order valence-corrected chi connectivity index (χ3v) is 2.71. The molecule has 5 heteroatoms. The van der Waals surface area contributed by atoms with Crippen LogP contribution in [0.2, 0.25) is 0 Å². The summed E-state index contributed by atoms with van der Waals surface area (Å²) in [6.45, 7) is 0. The van der Waals surface area contributed by atoms with Gasteiger partial charge in [0.25, 0.3) is 0 Å². The van der Waals surface area contributed by atoms with Gasteiger partial charge >= 0.3 is 5.97 Å². The Morgan fingerprint density at radius 1 is 1.21 bits per heavy atom. The van der Waals surface area contributed by atoms with E-state index in [9.17, 15) is 9.18 Å². The van der Waals surface area contributed by atoms with Gasteiger partial charge in [-0.05, 0) is 30.3 Å². The summed E-state index contributed by atoms with van der Waals surface area (Å²) in [5.41, 5.74) is 0.444. The maximum Gasteiger partial charge on any atom is 0.362 e. The molecule has 0 saturated heterocycles. The van der Waals surface area contributed by atoms with Crippen LogP contribution in [0.15, 0.2) is 48.8 Å². The Hall–Kier alpha value is -2.69. The van der Waals surface area contributed by atoms with Crippen LogP contribution in [0.5, 0.6) is 5.75 Å². The zero-order valence-corrected chi connectivity index (χ0v) is 9.76. The number of carbonyl (C=O) groups is 1. The van der Waals surface area contributed by atoms with E-state index < -0.39 is 11.8 Å². The maximum absolute atomic E-state index is 14.0. The highest BCUT2D eigenvalue weighted by Gasteiger charge is 2.15. The molecule has 0 amide bonds. The zero-order valence-electron chi connectivity index (χ0n) is 9.76. The van der Waals surface area contributed by atoms with Crippen LogP contribution in [-0.4, -0.2) is 15.9 Å². The largest absolute Gasteiger partial charge is 0.419 e. The van der Waals surface area contributed by atoms with Gasteiger partial charge in [-0.3, -0.25) is 0 Å². The highest BCUT2D eigenvalue weighted by Crippen LogP contribution is 2.25. The number of fused-ring (bicyclic) bond motifs is 1. The minimum Gasteiger partial charge on any atom is -0.419 e. The van der Waals surface area contributed by atoms with Gasteiger partial charge in [0.05, 0.1) is 5.52 Å². The van der Waals surface area contributed by atoms with Crippen molar-refractivity contribution in [3.63, 3.8) is 0 Å². The van der Waals surface area contributed by atoms with Crippen LogP contribution >= 0.6 is 0 Å². The van der Waals surface area contributed by atoms with E-state index in [1.807, 2.05) is 0 Å². The Labute approximate surface area is 107 Å². The van der Waals surface area contributed by atoms with Crippen molar-refractivity contribution >= 4 is 16.9 Å². The van der Waals surface area contributed by atoms with Crippen LogP contribution < -0.4 is 4.74 Å². The first-order valence-electron chi connectivity index (χ1n) is 5.64. The maximum atomic E-state index is 14.0. The van der Waals surface area contributed by atoms with Crippen LogP contribution in [0.4, 0.5) is 4.39 Å². The summed E-state index contributed by atoms with van der Waals surface area (Å²) in [7, 11) is 0. The van der Waals surface area contributed by atoms with Gasteiger partial charge in [-0.15, -0.1) is 0 Å². The summed E-state index contributed by atoms with van der Waals surface area (Å²) in [6.07, 6.45) is 3.10. The summed E-state index contributed by atoms with van der Waals surface area (Å²) in [6, 6.07) is 9.69. The van der Waals surface area contributed by atoms with Crippen molar-refractivity contribution in [2.24, 2.45) is 0 Å². The van der Waals surface area contributed by atoms with Crippen LogP contribution in [0.25, 0.3) is 10.9 Å². The number of carbonyl (C=O) groups excluding carboxylic acids is 1. The number of hydrogen-bond acceptors (Lipinski definition) is 3. The number of esters is 1. The van der Waals surface area contributed by atoms with E-state index in [0.29, 0.717) is 5.52 Å². The average molecular weight is 256 g/mol. The molecule has 0 bridgehead atoms. The number of hydrogen-bond donors (Lipinski definition) is 1. The second-order valence-electron chi connectivity index (χ2n) is 3.92. The third-order valence-electron chi connectivity index (χ3n) is 2.71. The number of benzene rings is 1. The smallest absolute Gasteiger partial charge is 0.362 e. The van der Waals surface area contributed by atoms with Gasteiger partial charge < -0.3 is 9.72 Å². The highest BCUT2D eigenvalue weighted by atomic mass is 19.1. The summed E-state index contributed by atoms with van der Waals surface area (Å²) >= 11 is 0. The molecule has 0 aliphatic heterocycles. The van der Waals surface area contributed by atoms with E-state index in [1.54, 1.807) is 30.5 Å². The Bertz CT molecular complexity index is 738. The fourth-order valence-electron chi connectivity index (χ4n) is 1.79. The topological polar surface area (TPSA) is 55.0 Å². The molecule has 1 N–H and O–H groups in total. The van der Waals surface area contributed by atoms with E-state index >= 15 is 0 Å². The summed E-state index contributed by atoms with van der Waals surface area (Å²) < 4.78 is 19.1. The molecule has 0 saturated carbocycles. The van der Waals surface area contributed by atoms with Crippen molar-refractivity contribution in [1.29, 1.82) is 0 Å². The molecule has 2 heterocycles. The number of ether oxygens (including phenoxy) is 1. The molecule has 3 aromatic rings.